The highest BCUT2D eigenvalue weighted by Gasteiger charge is 2.13. The number of benzene rings is 5. The Balaban J connectivity index is 0.00000148. The Kier molecular flexibility index (Phi) is 10.6. The molecule has 5 aromatic carbocycles. The number of phenols is 1. The second-order valence-electron chi connectivity index (χ2n) is 9.64. The Bertz CT molecular complexity index is 1920. The lowest BCUT2D eigenvalue weighted by Gasteiger charge is -2.09. The Morgan fingerprint density at radius 1 is 0.600 bits per heavy atom. The van der Waals surface area contributed by atoms with Crippen molar-refractivity contribution in [2.75, 3.05) is 11.5 Å². The lowest BCUT2D eigenvalue weighted by Crippen LogP contribution is -1.95. The molecule has 0 bridgehead atoms. The molecular weight excluding hydrogens is 592 g/mol. The number of nitrogens with two attached hydrogens (primary N) is 2. The number of anilines is 2. The van der Waals surface area contributed by atoms with E-state index in [-0.39, 0.29) is 17.6 Å². The Hall–Kier alpha value is -6.03. The zero-order valence-electron chi connectivity index (χ0n) is 24.2. The molecule has 0 fully saturated rings. The second kappa shape index (κ2) is 14.9. The van der Waals surface area contributed by atoms with Gasteiger partial charge in [-0.15, -0.1) is 15.3 Å². The number of phenolic OH excluding ortho intramolecular Hbond substituents is 1. The van der Waals surface area contributed by atoms with E-state index in [1.807, 2.05) is 74.5 Å². The molecule has 5 rings (SSSR count). The molecule has 0 aliphatic rings. The summed E-state index contributed by atoms with van der Waals surface area (Å²) < 4.78 is 0. The van der Waals surface area contributed by atoms with Crippen molar-refractivity contribution in [2.45, 2.75) is 13.8 Å². The molecule has 12 heteroatoms. The third kappa shape index (κ3) is 8.51. The van der Waals surface area contributed by atoms with Crippen molar-refractivity contribution < 1.29 is 14.7 Å². The summed E-state index contributed by atoms with van der Waals surface area (Å²) in [4.78, 5) is 16.2. The fraction of sp³-hybridized carbons (Fsp3) is 0.0606. The average Bonchev–Trinajstić information content (AvgIpc) is 3.04. The van der Waals surface area contributed by atoms with E-state index in [1.165, 1.54) is 0 Å². The molecule has 0 aromatic heterocycles. The molecule has 11 nitrogen and oxygen atoms in total. The molecule has 0 spiro atoms. The van der Waals surface area contributed by atoms with E-state index in [0.717, 1.165) is 27.9 Å². The molecule has 0 amide bonds. The molecule has 0 aliphatic heterocycles. The van der Waals surface area contributed by atoms with Crippen molar-refractivity contribution in [3.05, 3.63) is 113 Å². The molecule has 0 saturated carbocycles. The molecule has 224 valence electrons. The third-order valence-corrected chi connectivity index (χ3v) is 6.72. The van der Waals surface area contributed by atoms with Crippen LogP contribution in [0, 0.1) is 13.8 Å². The normalized spacial score (nSPS) is 11.1. The number of aromatic hydroxyl groups is 1. The molecule has 0 heterocycles. The van der Waals surface area contributed by atoms with Crippen LogP contribution < -0.4 is 11.5 Å². The van der Waals surface area contributed by atoms with Crippen LogP contribution in [0.3, 0.4) is 0 Å². The molecular formula is C33H27ClN8O3. The second-order valence-corrected chi connectivity index (χ2v) is 10.0. The number of hydrogen-bond acceptors (Lipinski definition) is 11. The van der Waals surface area contributed by atoms with Gasteiger partial charge in [0.05, 0.1) is 33.5 Å². The van der Waals surface area contributed by atoms with Crippen molar-refractivity contribution in [1.82, 2.24) is 0 Å². The highest BCUT2D eigenvalue weighted by molar-refractivity contribution is 6.33. The Labute approximate surface area is 263 Å². The summed E-state index contributed by atoms with van der Waals surface area (Å²) in [5.41, 5.74) is 20.4. The number of nitrogens with zero attached hydrogens (tertiary/aromatic N) is 6. The van der Waals surface area contributed by atoms with Gasteiger partial charge in [0.15, 0.2) is 0 Å². The summed E-state index contributed by atoms with van der Waals surface area (Å²) >= 11 is 6.25. The first-order chi connectivity index (χ1) is 21.7. The third-order valence-electron chi connectivity index (χ3n) is 6.40. The SMILES string of the molecule is Cc1ccc(Cl)c(N=Nc2c(N)c(C)cc(N=Nc3ccc(-c4ccc(N=Nc5ccc(O)cc5)cc4)cc3)c2N)c1.O=C=O. The first kappa shape index (κ1) is 31.9. The maximum absolute atomic E-state index is 9.38. The fourth-order valence-electron chi connectivity index (χ4n) is 3.99. The summed E-state index contributed by atoms with van der Waals surface area (Å²) in [5.74, 6) is 0.187. The minimum atomic E-state index is 0.187. The summed E-state index contributed by atoms with van der Waals surface area (Å²) in [6.07, 6.45) is 0.250. The van der Waals surface area contributed by atoms with Crippen molar-refractivity contribution in [3.63, 3.8) is 0 Å². The lowest BCUT2D eigenvalue weighted by atomic mass is 10.1. The van der Waals surface area contributed by atoms with Gasteiger partial charge in [-0.05, 0) is 103 Å². The van der Waals surface area contributed by atoms with Crippen molar-refractivity contribution in [3.8, 4) is 16.9 Å². The molecule has 0 aliphatic carbocycles. The van der Waals surface area contributed by atoms with Gasteiger partial charge in [0.2, 0.25) is 0 Å². The fourth-order valence-corrected chi connectivity index (χ4v) is 4.15. The van der Waals surface area contributed by atoms with Crippen molar-refractivity contribution >= 4 is 63.3 Å². The van der Waals surface area contributed by atoms with Crippen LogP contribution in [-0.2, 0) is 9.59 Å². The molecule has 5 aromatic rings. The number of hydrogen-bond donors (Lipinski definition) is 3. The van der Waals surface area contributed by atoms with Crippen LogP contribution >= 0.6 is 11.6 Å². The van der Waals surface area contributed by atoms with E-state index in [0.29, 0.717) is 39.1 Å². The van der Waals surface area contributed by atoms with Gasteiger partial charge >= 0.3 is 6.15 Å². The summed E-state index contributed by atoms with van der Waals surface area (Å²) in [6.45, 7) is 3.79. The van der Waals surface area contributed by atoms with E-state index < -0.39 is 0 Å². The standard InChI is InChI=1S/C32H27ClN8O.CO2/c1-19-3-16-27(33)28(17-19)39-41-32-30(34)20(2)18-29(31(32)35)40-38-24-10-6-22(7-11-24)21-4-8-23(9-5-21)36-37-25-12-14-26(42)15-13-25;2-1-3/h3-18,42H,34-35H2,1-2H3;. The van der Waals surface area contributed by atoms with E-state index >= 15 is 0 Å². The van der Waals surface area contributed by atoms with Crippen molar-refractivity contribution in [2.24, 2.45) is 30.7 Å². The number of azo groups is 3. The van der Waals surface area contributed by atoms with Gasteiger partial charge in [-0.1, -0.05) is 41.9 Å². The zero-order chi connectivity index (χ0) is 32.3. The Morgan fingerprint density at radius 2 is 1.07 bits per heavy atom. The summed E-state index contributed by atoms with van der Waals surface area (Å²) in [5, 5.41) is 35.6. The smallest absolute Gasteiger partial charge is 0.373 e. The topological polar surface area (TPSA) is 181 Å². The highest BCUT2D eigenvalue weighted by atomic mass is 35.5. The van der Waals surface area contributed by atoms with Crippen LogP contribution in [0.5, 0.6) is 5.75 Å². The van der Waals surface area contributed by atoms with Crippen molar-refractivity contribution in [1.29, 1.82) is 0 Å². The van der Waals surface area contributed by atoms with Crippen LogP contribution in [0.1, 0.15) is 11.1 Å². The zero-order valence-corrected chi connectivity index (χ0v) is 25.0. The quantitative estimate of drug-likeness (QED) is 0.121. The van der Waals surface area contributed by atoms with Crippen LogP contribution in [0.15, 0.2) is 128 Å². The van der Waals surface area contributed by atoms with Gasteiger partial charge in [0.1, 0.15) is 22.8 Å². The monoisotopic (exact) mass is 618 g/mol. The molecule has 0 atom stereocenters. The maximum atomic E-state index is 9.38. The summed E-state index contributed by atoms with van der Waals surface area (Å²) in [6, 6.07) is 29.2. The summed E-state index contributed by atoms with van der Waals surface area (Å²) in [7, 11) is 0. The van der Waals surface area contributed by atoms with Crippen LogP contribution in [0.2, 0.25) is 5.02 Å². The number of nitrogen functional groups attached to an aromatic ring is 2. The van der Waals surface area contributed by atoms with Gasteiger partial charge in [-0.3, -0.25) is 0 Å². The van der Waals surface area contributed by atoms with Crippen LogP contribution in [-0.4, -0.2) is 11.3 Å². The van der Waals surface area contributed by atoms with E-state index in [9.17, 15) is 5.11 Å². The first-order valence-electron chi connectivity index (χ1n) is 13.4. The largest absolute Gasteiger partial charge is 0.508 e. The average molecular weight is 619 g/mol. The van der Waals surface area contributed by atoms with Gasteiger partial charge < -0.3 is 16.6 Å². The Morgan fingerprint density at radius 3 is 1.60 bits per heavy atom. The minimum absolute atomic E-state index is 0.187. The van der Waals surface area contributed by atoms with E-state index in [2.05, 4.69) is 30.7 Å². The number of aryl methyl sites for hydroxylation is 2. The molecule has 0 saturated heterocycles. The lowest BCUT2D eigenvalue weighted by molar-refractivity contribution is -0.191. The first-order valence-corrected chi connectivity index (χ1v) is 13.7. The molecule has 0 unspecified atom stereocenters. The highest BCUT2D eigenvalue weighted by Crippen LogP contribution is 2.41. The van der Waals surface area contributed by atoms with E-state index in [1.54, 1.807) is 36.4 Å². The molecule has 5 N–H and O–H groups in total. The predicted octanol–water partition coefficient (Wildman–Crippen LogP) is 10.2. The van der Waals surface area contributed by atoms with Gasteiger partial charge in [0.25, 0.3) is 0 Å². The van der Waals surface area contributed by atoms with Gasteiger partial charge in [-0.2, -0.15) is 24.9 Å². The number of halogens is 1. The molecule has 0 radical (unpaired) electrons. The minimum Gasteiger partial charge on any atom is -0.508 e. The van der Waals surface area contributed by atoms with Crippen LogP contribution in [0.4, 0.5) is 45.5 Å². The molecule has 45 heavy (non-hydrogen) atoms. The number of rotatable bonds is 7. The van der Waals surface area contributed by atoms with Gasteiger partial charge in [-0.25, -0.2) is 0 Å². The predicted molar refractivity (Wildman–Crippen MR) is 174 cm³/mol. The number of carbonyl (C=O) groups excluding carboxylic acids is 2. The maximum Gasteiger partial charge on any atom is 0.373 e. The van der Waals surface area contributed by atoms with Crippen LogP contribution in [0.25, 0.3) is 11.1 Å². The van der Waals surface area contributed by atoms with E-state index in [4.69, 9.17) is 32.7 Å². The van der Waals surface area contributed by atoms with Gasteiger partial charge in [0, 0.05) is 0 Å².